The molecule has 6 heteroatoms. The van der Waals surface area contributed by atoms with Crippen LogP contribution in [0.25, 0.3) is 0 Å². The summed E-state index contributed by atoms with van der Waals surface area (Å²) in [5.74, 6) is -0.482. The Morgan fingerprint density at radius 3 is 2.41 bits per heavy atom. The number of nitrogens with two attached hydrogens (primary N) is 1. The number of halogens is 1. The predicted molar refractivity (Wildman–Crippen MR) is 64.7 cm³/mol. The van der Waals surface area contributed by atoms with Gasteiger partial charge >= 0.3 is 0 Å². The molecule has 0 aliphatic rings. The van der Waals surface area contributed by atoms with E-state index in [-0.39, 0.29) is 23.6 Å². The van der Waals surface area contributed by atoms with Crippen LogP contribution in [0.2, 0.25) is 0 Å². The number of ketones is 1. The Balaban J connectivity index is 3.53. The average molecular weight is 259 g/mol. The lowest BCUT2D eigenvalue weighted by atomic mass is 10.1. The van der Waals surface area contributed by atoms with Crippen molar-refractivity contribution in [2.75, 3.05) is 27.0 Å². The van der Waals surface area contributed by atoms with Crippen molar-refractivity contribution in [3.63, 3.8) is 0 Å². The van der Waals surface area contributed by atoms with E-state index in [0.29, 0.717) is 4.90 Å². The van der Waals surface area contributed by atoms with E-state index < -0.39 is 11.6 Å². The zero-order valence-electron chi connectivity index (χ0n) is 9.87. The summed E-state index contributed by atoms with van der Waals surface area (Å²) in [5.41, 5.74) is 5.37. The molecule has 0 amide bonds. The van der Waals surface area contributed by atoms with Crippen LogP contribution in [0.5, 0.6) is 11.5 Å². The number of hydrogen-bond acceptors (Lipinski definition) is 5. The second-order valence-electron chi connectivity index (χ2n) is 3.13. The van der Waals surface area contributed by atoms with Crippen molar-refractivity contribution in [1.29, 1.82) is 0 Å². The summed E-state index contributed by atoms with van der Waals surface area (Å²) < 4.78 is 24.0. The van der Waals surface area contributed by atoms with Crippen molar-refractivity contribution in [3.8, 4) is 11.5 Å². The Labute approximate surface area is 103 Å². The number of thioether (sulfide) groups is 1. The highest BCUT2D eigenvalue weighted by atomic mass is 32.2. The predicted octanol–water partition coefficient (Wildman–Crippen LogP) is 1.71. The number of ether oxygens (including phenoxy) is 2. The molecule has 17 heavy (non-hydrogen) atoms. The Morgan fingerprint density at radius 2 is 2.00 bits per heavy atom. The van der Waals surface area contributed by atoms with Gasteiger partial charge in [-0.25, -0.2) is 4.39 Å². The molecule has 0 heterocycles. The molecule has 0 saturated heterocycles. The third kappa shape index (κ3) is 2.53. The summed E-state index contributed by atoms with van der Waals surface area (Å²) in [6, 6.07) is 1.13. The number of hydrogen-bond donors (Lipinski definition) is 1. The van der Waals surface area contributed by atoms with Gasteiger partial charge in [-0.2, -0.15) is 0 Å². The van der Waals surface area contributed by atoms with Gasteiger partial charge in [0.25, 0.3) is 0 Å². The quantitative estimate of drug-likeness (QED) is 0.644. The molecule has 4 nitrogen and oxygen atoms in total. The molecule has 2 N–H and O–H groups in total. The lowest BCUT2D eigenvalue weighted by Gasteiger charge is -2.15. The van der Waals surface area contributed by atoms with E-state index in [1.54, 1.807) is 6.26 Å². The van der Waals surface area contributed by atoms with Crippen LogP contribution in [0.15, 0.2) is 11.0 Å². The molecule has 0 atom stereocenters. The highest BCUT2D eigenvalue weighted by molar-refractivity contribution is 7.98. The van der Waals surface area contributed by atoms with Crippen LogP contribution in [0.4, 0.5) is 4.39 Å². The summed E-state index contributed by atoms with van der Waals surface area (Å²) in [6.07, 6.45) is 1.71. The van der Waals surface area contributed by atoms with Crippen molar-refractivity contribution in [2.24, 2.45) is 5.73 Å². The van der Waals surface area contributed by atoms with Crippen LogP contribution >= 0.6 is 11.8 Å². The van der Waals surface area contributed by atoms with E-state index in [4.69, 9.17) is 15.2 Å². The van der Waals surface area contributed by atoms with Crippen molar-refractivity contribution in [3.05, 3.63) is 17.4 Å². The van der Waals surface area contributed by atoms with Gasteiger partial charge in [-0.3, -0.25) is 4.79 Å². The van der Waals surface area contributed by atoms with Gasteiger partial charge in [0.15, 0.2) is 17.3 Å². The number of benzene rings is 1. The molecule has 0 aliphatic carbocycles. The highest BCUT2D eigenvalue weighted by Crippen LogP contribution is 2.41. The van der Waals surface area contributed by atoms with Gasteiger partial charge in [-0.1, -0.05) is 0 Å². The Morgan fingerprint density at radius 1 is 1.41 bits per heavy atom. The highest BCUT2D eigenvalue weighted by Gasteiger charge is 2.22. The lowest BCUT2D eigenvalue weighted by Crippen LogP contribution is -2.15. The molecule has 1 aromatic rings. The minimum absolute atomic E-state index is 0.0992. The summed E-state index contributed by atoms with van der Waals surface area (Å²) in [6.45, 7) is -0.211. The van der Waals surface area contributed by atoms with Gasteiger partial charge in [0.1, 0.15) is 5.82 Å². The summed E-state index contributed by atoms with van der Waals surface area (Å²) in [5, 5.41) is 0. The second-order valence-corrected chi connectivity index (χ2v) is 3.95. The first-order valence-electron chi connectivity index (χ1n) is 4.82. The third-order valence-corrected chi connectivity index (χ3v) is 3.03. The van der Waals surface area contributed by atoms with Crippen LogP contribution in [0.3, 0.4) is 0 Å². The average Bonchev–Trinajstić information content (AvgIpc) is 2.36. The zero-order chi connectivity index (χ0) is 13.0. The third-order valence-electron chi connectivity index (χ3n) is 2.24. The van der Waals surface area contributed by atoms with Crippen LogP contribution < -0.4 is 15.2 Å². The molecule has 0 unspecified atom stereocenters. The molecule has 0 fully saturated rings. The van der Waals surface area contributed by atoms with Gasteiger partial charge in [-0.05, 0) is 12.3 Å². The van der Waals surface area contributed by atoms with Crippen LogP contribution in [-0.2, 0) is 0 Å². The molecule has 0 radical (unpaired) electrons. The first kappa shape index (κ1) is 13.8. The fourth-order valence-electron chi connectivity index (χ4n) is 1.49. The number of carbonyl (C=O) groups excluding carboxylic acids is 1. The monoisotopic (exact) mass is 259 g/mol. The van der Waals surface area contributed by atoms with E-state index in [1.807, 2.05) is 0 Å². The molecule has 0 aliphatic heterocycles. The van der Waals surface area contributed by atoms with Gasteiger partial charge < -0.3 is 15.2 Å². The molecule has 0 saturated carbocycles. The number of methoxy groups -OCH3 is 2. The molecule has 0 spiro atoms. The van der Waals surface area contributed by atoms with Crippen LogP contribution in [0, 0.1) is 5.82 Å². The number of rotatable bonds is 5. The minimum atomic E-state index is -0.521. The maximum atomic E-state index is 13.8. The van der Waals surface area contributed by atoms with E-state index in [1.165, 1.54) is 26.0 Å². The van der Waals surface area contributed by atoms with Crippen molar-refractivity contribution < 1.29 is 18.7 Å². The largest absolute Gasteiger partial charge is 0.492 e. The van der Waals surface area contributed by atoms with Crippen LogP contribution in [-0.4, -0.2) is 32.8 Å². The maximum Gasteiger partial charge on any atom is 0.180 e. The van der Waals surface area contributed by atoms with Crippen molar-refractivity contribution in [1.82, 2.24) is 0 Å². The van der Waals surface area contributed by atoms with E-state index >= 15 is 0 Å². The molecular weight excluding hydrogens is 245 g/mol. The standard InChI is InChI=1S/C11H14FNO3S/c1-15-9-6(8(14)5-13)4-7(12)11(17-3)10(9)16-2/h4H,5,13H2,1-3H3. The summed E-state index contributed by atoms with van der Waals surface area (Å²) in [7, 11) is 2.79. The Hall–Kier alpha value is -1.27. The Bertz CT molecular complexity index is 437. The van der Waals surface area contributed by atoms with Crippen molar-refractivity contribution in [2.45, 2.75) is 4.90 Å². The topological polar surface area (TPSA) is 61.5 Å². The van der Waals surface area contributed by atoms with Crippen LogP contribution in [0.1, 0.15) is 10.4 Å². The molecule has 1 aromatic carbocycles. The SMILES string of the molecule is COc1c(C(=O)CN)cc(F)c(SC)c1OC. The second kappa shape index (κ2) is 5.88. The Kier molecular flexibility index (Phi) is 4.77. The fourth-order valence-corrected chi connectivity index (χ4v) is 2.10. The zero-order valence-corrected chi connectivity index (χ0v) is 10.7. The molecule has 1 rings (SSSR count). The van der Waals surface area contributed by atoms with Gasteiger partial charge in [0.05, 0.1) is 31.2 Å². The van der Waals surface area contributed by atoms with Gasteiger partial charge in [0, 0.05) is 0 Å². The normalized spacial score (nSPS) is 10.2. The number of Topliss-reactive ketones (excluding diaryl/α,β-unsaturated/α-hetero) is 1. The summed E-state index contributed by atoms with van der Waals surface area (Å²) >= 11 is 1.18. The molecule has 94 valence electrons. The van der Waals surface area contributed by atoms with Crippen molar-refractivity contribution >= 4 is 17.5 Å². The number of carbonyl (C=O) groups is 1. The fraction of sp³-hybridized carbons (Fsp3) is 0.364. The molecule has 0 aromatic heterocycles. The van der Waals surface area contributed by atoms with E-state index in [2.05, 4.69) is 0 Å². The minimum Gasteiger partial charge on any atom is -0.492 e. The van der Waals surface area contributed by atoms with Gasteiger partial charge in [-0.15, -0.1) is 11.8 Å². The van der Waals surface area contributed by atoms with Gasteiger partial charge in [0.2, 0.25) is 0 Å². The molecule has 0 bridgehead atoms. The van der Waals surface area contributed by atoms with E-state index in [9.17, 15) is 9.18 Å². The summed E-state index contributed by atoms with van der Waals surface area (Å²) in [4.78, 5) is 11.9. The first-order chi connectivity index (χ1) is 8.10. The first-order valence-corrected chi connectivity index (χ1v) is 6.04. The lowest BCUT2D eigenvalue weighted by molar-refractivity contribution is 0.0997. The maximum absolute atomic E-state index is 13.8. The van der Waals surface area contributed by atoms with E-state index in [0.717, 1.165) is 6.07 Å². The molecular formula is C11H14FNO3S. The smallest absolute Gasteiger partial charge is 0.180 e.